The third-order valence-electron chi connectivity index (χ3n) is 9.17. The molecule has 0 spiro atoms. The fraction of sp³-hybridized carbons (Fsp3) is 0.632. The van der Waals surface area contributed by atoms with Crippen molar-refractivity contribution in [2.75, 3.05) is 26.1 Å². The molecule has 0 aliphatic heterocycles. The highest BCUT2D eigenvalue weighted by molar-refractivity contribution is 7.40. The Labute approximate surface area is 304 Å². The second kappa shape index (κ2) is 24.1. The van der Waals surface area contributed by atoms with E-state index in [9.17, 15) is 19.8 Å². The average molecular weight is 727 g/mol. The molecule has 3 atom stereocenters. The highest BCUT2D eigenvalue weighted by Gasteiger charge is 2.32. The summed E-state index contributed by atoms with van der Waals surface area (Å²) in [6.07, 6.45) is 20.0. The number of aryl methyl sites for hydroxylation is 1. The quantitative estimate of drug-likeness (QED) is 0.0546. The van der Waals surface area contributed by atoms with E-state index in [-0.39, 0.29) is 31.8 Å². The molecule has 0 bridgehead atoms. The molecule has 0 aliphatic rings. The molecular weight excluding hydrogens is 670 g/mol. The number of aromatic nitrogens is 3. The Morgan fingerprint density at radius 1 is 0.961 bits per heavy atom. The van der Waals surface area contributed by atoms with Crippen LogP contribution in [0.25, 0.3) is 5.52 Å². The number of nitrogens with two attached hydrogens (primary N) is 1. The first-order chi connectivity index (χ1) is 24.8. The number of nitriles is 2. The molecule has 280 valence electrons. The van der Waals surface area contributed by atoms with Gasteiger partial charge in [-0.2, -0.15) is 15.6 Å². The lowest BCUT2D eigenvalue weighted by atomic mass is 9.99. The molecule has 0 radical (unpaired) electrons. The number of unbranched alkanes of at least 4 members (excludes halogenated alkanes) is 13. The summed E-state index contributed by atoms with van der Waals surface area (Å²) in [4.78, 5) is 14.6. The number of nitrogens with zero attached hydrogens (tertiary/aromatic N) is 5. The molecule has 0 saturated carbocycles. The molecule has 0 aliphatic carbocycles. The van der Waals surface area contributed by atoms with Gasteiger partial charge >= 0.3 is 8.60 Å². The molecule has 3 N–H and O–H groups in total. The molecule has 51 heavy (non-hydrogen) atoms. The first kappa shape index (κ1) is 42.2. The Morgan fingerprint density at radius 3 is 2.25 bits per heavy atom. The summed E-state index contributed by atoms with van der Waals surface area (Å²) in [5, 5.41) is 23.5. The lowest BCUT2D eigenvalue weighted by molar-refractivity contribution is -0.0212. The van der Waals surface area contributed by atoms with Gasteiger partial charge in [-0.15, -0.1) is 0 Å². The van der Waals surface area contributed by atoms with Crippen LogP contribution in [0.3, 0.4) is 0 Å². The minimum Gasteiger partial charge on any atom is -0.382 e. The second-order valence-corrected chi connectivity index (χ2v) is 14.2. The van der Waals surface area contributed by atoms with Gasteiger partial charge in [0.05, 0.1) is 37.6 Å². The number of methoxy groups -OCH3 is 1. The van der Waals surface area contributed by atoms with Crippen molar-refractivity contribution in [3.8, 4) is 12.1 Å². The van der Waals surface area contributed by atoms with Gasteiger partial charge in [0.15, 0.2) is 11.4 Å². The Hall–Kier alpha value is -3.22. The van der Waals surface area contributed by atoms with Crippen molar-refractivity contribution in [2.45, 2.75) is 134 Å². The van der Waals surface area contributed by atoms with Crippen LogP contribution in [0.1, 0.15) is 126 Å². The highest BCUT2D eigenvalue weighted by atomic mass is 31.2. The van der Waals surface area contributed by atoms with Crippen LogP contribution in [0.15, 0.2) is 36.7 Å². The van der Waals surface area contributed by atoms with Crippen molar-refractivity contribution in [1.29, 1.82) is 10.5 Å². The maximum Gasteiger partial charge on any atom is 0.330 e. The van der Waals surface area contributed by atoms with Gasteiger partial charge in [-0.05, 0) is 55.2 Å². The number of ether oxygens (including phenoxy) is 2. The van der Waals surface area contributed by atoms with Gasteiger partial charge in [0.25, 0.3) is 0 Å². The summed E-state index contributed by atoms with van der Waals surface area (Å²) < 4.78 is 38.6. The molecule has 0 saturated heterocycles. The number of hydrogen-bond donors (Lipinski definition) is 2. The third-order valence-corrected chi connectivity index (χ3v) is 9.89. The van der Waals surface area contributed by atoms with E-state index in [1.54, 1.807) is 10.6 Å². The van der Waals surface area contributed by atoms with Gasteiger partial charge in [-0.3, -0.25) is 0 Å². The molecule has 3 aromatic rings. The SMILES string of the molecule is CCCCCCCCCCCCCCCCC(COP(O)OCC(C#N)(CCc1ccc2c(N)ncnn12)OC)OCc1cc(F)cc(C#N)c1. The first-order valence-electron chi connectivity index (χ1n) is 18.4. The van der Waals surface area contributed by atoms with E-state index in [0.717, 1.165) is 25.0 Å². The molecule has 3 unspecified atom stereocenters. The molecule has 11 nitrogen and oxygen atoms in total. The van der Waals surface area contributed by atoms with E-state index in [1.165, 1.54) is 96.2 Å². The van der Waals surface area contributed by atoms with Crippen LogP contribution in [0.5, 0.6) is 0 Å². The predicted molar refractivity (Wildman–Crippen MR) is 197 cm³/mol. The van der Waals surface area contributed by atoms with Crippen molar-refractivity contribution >= 4 is 19.9 Å². The van der Waals surface area contributed by atoms with Crippen LogP contribution in [0.4, 0.5) is 10.2 Å². The molecule has 3 rings (SSSR count). The lowest BCUT2D eigenvalue weighted by Gasteiger charge is -2.26. The van der Waals surface area contributed by atoms with Crippen molar-refractivity contribution < 1.29 is 27.8 Å². The van der Waals surface area contributed by atoms with Gasteiger partial charge in [0, 0.05) is 12.8 Å². The molecule has 2 aromatic heterocycles. The molecule has 2 heterocycles. The topological polar surface area (TPSA) is 161 Å². The highest BCUT2D eigenvalue weighted by Crippen LogP contribution is 2.36. The number of nitrogen functional groups attached to an aromatic ring is 1. The van der Waals surface area contributed by atoms with Crippen molar-refractivity contribution in [1.82, 2.24) is 14.6 Å². The van der Waals surface area contributed by atoms with Crippen molar-refractivity contribution in [3.63, 3.8) is 0 Å². The Morgan fingerprint density at radius 2 is 1.63 bits per heavy atom. The summed E-state index contributed by atoms with van der Waals surface area (Å²) in [5.74, 6) is -0.142. The van der Waals surface area contributed by atoms with Crippen molar-refractivity contribution in [2.24, 2.45) is 0 Å². The number of fused-ring (bicyclic) bond motifs is 1. The summed E-state index contributed by atoms with van der Waals surface area (Å²) in [7, 11) is -0.925. The van der Waals surface area contributed by atoms with Crippen LogP contribution in [-0.4, -0.2) is 51.5 Å². The Bertz CT molecular complexity index is 1510. The summed E-state index contributed by atoms with van der Waals surface area (Å²) in [6, 6.07) is 12.0. The number of anilines is 1. The number of benzene rings is 1. The van der Waals surface area contributed by atoms with Gasteiger partial charge in [-0.1, -0.05) is 96.8 Å². The van der Waals surface area contributed by atoms with Crippen molar-refractivity contribution in [3.05, 3.63) is 59.3 Å². The van der Waals surface area contributed by atoms with E-state index in [2.05, 4.69) is 23.1 Å². The Kier molecular flexibility index (Phi) is 19.9. The van der Waals surface area contributed by atoms with E-state index < -0.39 is 26.1 Å². The van der Waals surface area contributed by atoms with E-state index in [0.29, 0.717) is 29.7 Å². The standard InChI is InChI=1S/C38H56FN6O5P/c1-3-4-5-6-7-8-9-10-11-12-13-14-15-16-17-35(48-26-32-22-31(25-40)23-33(39)24-32)27-49-51(46)50-29-38(28-41,47-2)21-20-34-18-19-36-37(42)43-30-44-45(34)36/h18-19,22-24,30,35,46H,3-17,20-21,26-27,29H2,1-2H3,(H2,42,43,44). The van der Waals surface area contributed by atoms with Crippen LogP contribution in [0, 0.1) is 28.5 Å². The van der Waals surface area contributed by atoms with E-state index in [4.69, 9.17) is 24.3 Å². The molecule has 1 aromatic carbocycles. The zero-order valence-corrected chi connectivity index (χ0v) is 31.3. The van der Waals surface area contributed by atoms with Gasteiger partial charge in [0.2, 0.25) is 0 Å². The van der Waals surface area contributed by atoms with Gasteiger partial charge in [-0.25, -0.2) is 13.9 Å². The van der Waals surface area contributed by atoms with Crippen LogP contribution < -0.4 is 5.73 Å². The maximum atomic E-state index is 14.0. The van der Waals surface area contributed by atoms with Gasteiger partial charge < -0.3 is 29.1 Å². The van der Waals surface area contributed by atoms with Crippen LogP contribution >= 0.6 is 8.60 Å². The van der Waals surface area contributed by atoms with Crippen LogP contribution in [-0.2, 0) is 31.5 Å². The molecule has 0 amide bonds. The summed E-state index contributed by atoms with van der Waals surface area (Å²) in [5.41, 5.74) is 6.86. The largest absolute Gasteiger partial charge is 0.382 e. The molecule has 0 fully saturated rings. The van der Waals surface area contributed by atoms with Gasteiger partial charge in [0.1, 0.15) is 23.7 Å². The zero-order chi connectivity index (χ0) is 36.7. The maximum absolute atomic E-state index is 14.0. The smallest absolute Gasteiger partial charge is 0.330 e. The number of hydrogen-bond acceptors (Lipinski definition) is 10. The monoisotopic (exact) mass is 726 g/mol. The zero-order valence-electron chi connectivity index (χ0n) is 30.4. The van der Waals surface area contributed by atoms with Crippen LogP contribution in [0.2, 0.25) is 0 Å². The minimum absolute atomic E-state index is 0.0465. The third kappa shape index (κ3) is 15.5. The second-order valence-electron chi connectivity index (χ2n) is 13.2. The fourth-order valence-electron chi connectivity index (χ4n) is 6.03. The average Bonchev–Trinajstić information content (AvgIpc) is 3.57. The predicted octanol–water partition coefficient (Wildman–Crippen LogP) is 8.87. The summed E-state index contributed by atoms with van der Waals surface area (Å²) >= 11 is 0. The number of rotatable bonds is 28. The molecular formula is C38H56FN6O5P. The number of halogens is 1. The first-order valence-corrected chi connectivity index (χ1v) is 19.6. The van der Waals surface area contributed by atoms with E-state index in [1.807, 2.05) is 18.2 Å². The fourth-order valence-corrected chi connectivity index (χ4v) is 6.72. The molecule has 13 heteroatoms. The normalized spacial score (nSPS) is 13.8. The van der Waals surface area contributed by atoms with E-state index >= 15 is 0 Å². The Balaban J connectivity index is 1.43. The summed E-state index contributed by atoms with van der Waals surface area (Å²) in [6.45, 7) is 2.18. The lowest BCUT2D eigenvalue weighted by Crippen LogP contribution is -2.35. The minimum atomic E-state index is -2.35.